The monoisotopic (exact) mass is 355 g/mol. The van der Waals surface area contributed by atoms with Crippen molar-refractivity contribution in [1.82, 2.24) is 24.8 Å². The number of nitrogens with zero attached hydrogens (tertiary/aromatic N) is 5. The minimum atomic E-state index is -0.106. The zero-order valence-corrected chi connectivity index (χ0v) is 14.4. The van der Waals surface area contributed by atoms with Crippen LogP contribution < -0.4 is 5.56 Å². The number of alkyl halides is 1. The summed E-state index contributed by atoms with van der Waals surface area (Å²) in [5.74, 6) is 0. The van der Waals surface area contributed by atoms with Gasteiger partial charge in [-0.25, -0.2) is 9.36 Å². The number of hydrogen-bond acceptors (Lipinski definition) is 4. The van der Waals surface area contributed by atoms with Crippen molar-refractivity contribution in [3.05, 3.63) is 16.6 Å². The van der Waals surface area contributed by atoms with Gasteiger partial charge in [-0.1, -0.05) is 47.8 Å². The van der Waals surface area contributed by atoms with E-state index in [0.717, 1.165) is 31.0 Å². The normalized spacial score (nSPS) is 12.2. The zero-order chi connectivity index (χ0) is 15.5. The first-order valence-electron chi connectivity index (χ1n) is 7.38. The van der Waals surface area contributed by atoms with Crippen molar-refractivity contribution in [3.8, 4) is 0 Å². The van der Waals surface area contributed by atoms with Crippen LogP contribution in [0.1, 0.15) is 39.5 Å². The second kappa shape index (κ2) is 6.68. The lowest BCUT2D eigenvalue weighted by Crippen LogP contribution is -2.35. The van der Waals surface area contributed by atoms with E-state index in [2.05, 4.69) is 45.2 Å². The standard InChI is InChI=1S/C14H22BrN5O/c1-4-6-14(9-15,7-5-2)10-20-13(21)11-8-16-19(3)12(11)17-18-20/h8H,4-7,9-10H2,1-3H3. The zero-order valence-electron chi connectivity index (χ0n) is 12.8. The fourth-order valence-corrected chi connectivity index (χ4v) is 3.66. The van der Waals surface area contributed by atoms with E-state index in [4.69, 9.17) is 0 Å². The highest BCUT2D eigenvalue weighted by atomic mass is 79.9. The first kappa shape index (κ1) is 16.1. The minimum Gasteiger partial charge on any atom is -0.267 e. The van der Waals surface area contributed by atoms with Crippen LogP contribution in [-0.2, 0) is 13.6 Å². The summed E-state index contributed by atoms with van der Waals surface area (Å²) in [5.41, 5.74) is 0.482. The van der Waals surface area contributed by atoms with Gasteiger partial charge in [0.25, 0.3) is 5.56 Å². The first-order valence-corrected chi connectivity index (χ1v) is 8.50. The van der Waals surface area contributed by atoms with Crippen LogP contribution in [0.25, 0.3) is 11.0 Å². The van der Waals surface area contributed by atoms with Gasteiger partial charge >= 0.3 is 0 Å². The van der Waals surface area contributed by atoms with Crippen molar-refractivity contribution < 1.29 is 0 Å². The highest BCUT2D eigenvalue weighted by Gasteiger charge is 2.29. The van der Waals surface area contributed by atoms with E-state index in [9.17, 15) is 4.79 Å². The summed E-state index contributed by atoms with van der Waals surface area (Å²) in [7, 11) is 1.76. The smallest absolute Gasteiger partial charge is 0.267 e. The Balaban J connectivity index is 2.41. The molecule has 2 aromatic rings. The molecular weight excluding hydrogens is 334 g/mol. The van der Waals surface area contributed by atoms with Gasteiger partial charge in [-0.3, -0.25) is 4.79 Å². The number of rotatable bonds is 7. The van der Waals surface area contributed by atoms with Crippen molar-refractivity contribution in [2.75, 3.05) is 5.33 Å². The first-order chi connectivity index (χ1) is 10.1. The highest BCUT2D eigenvalue weighted by Crippen LogP contribution is 2.33. The summed E-state index contributed by atoms with van der Waals surface area (Å²) in [5, 5.41) is 13.7. The molecule has 6 nitrogen and oxygen atoms in total. The Morgan fingerprint density at radius 3 is 2.52 bits per heavy atom. The fourth-order valence-electron chi connectivity index (χ4n) is 2.92. The predicted octanol–water partition coefficient (Wildman–Crippen LogP) is 2.51. The third-order valence-electron chi connectivity index (χ3n) is 3.95. The van der Waals surface area contributed by atoms with Crippen LogP contribution >= 0.6 is 15.9 Å². The molecule has 0 fully saturated rings. The minimum absolute atomic E-state index is 0.0535. The van der Waals surface area contributed by atoms with Crippen LogP contribution in [0.2, 0.25) is 0 Å². The van der Waals surface area contributed by atoms with Gasteiger partial charge in [0.1, 0.15) is 5.39 Å². The number of hydrogen-bond donors (Lipinski definition) is 0. The third-order valence-corrected chi connectivity index (χ3v) is 5.14. The van der Waals surface area contributed by atoms with Crippen molar-refractivity contribution in [3.63, 3.8) is 0 Å². The average molecular weight is 356 g/mol. The van der Waals surface area contributed by atoms with Gasteiger partial charge in [-0.05, 0) is 18.3 Å². The van der Waals surface area contributed by atoms with Crippen LogP contribution in [0.4, 0.5) is 0 Å². The van der Waals surface area contributed by atoms with E-state index in [1.165, 1.54) is 4.68 Å². The van der Waals surface area contributed by atoms with Gasteiger partial charge in [-0.2, -0.15) is 5.10 Å². The summed E-state index contributed by atoms with van der Waals surface area (Å²) in [4.78, 5) is 12.5. The number of halogens is 1. The van der Waals surface area contributed by atoms with E-state index in [0.29, 0.717) is 17.6 Å². The predicted molar refractivity (Wildman–Crippen MR) is 86.6 cm³/mol. The van der Waals surface area contributed by atoms with Crippen LogP contribution in [0, 0.1) is 5.41 Å². The van der Waals surface area contributed by atoms with Gasteiger partial charge in [0.15, 0.2) is 5.65 Å². The molecule has 0 saturated carbocycles. The van der Waals surface area contributed by atoms with Crippen LogP contribution in [-0.4, -0.2) is 30.1 Å². The van der Waals surface area contributed by atoms with E-state index in [1.807, 2.05) is 0 Å². The van der Waals surface area contributed by atoms with Gasteiger partial charge < -0.3 is 0 Å². The highest BCUT2D eigenvalue weighted by molar-refractivity contribution is 9.09. The Bertz CT molecular complexity index is 657. The summed E-state index contributed by atoms with van der Waals surface area (Å²) < 4.78 is 3.07. The Morgan fingerprint density at radius 2 is 1.95 bits per heavy atom. The van der Waals surface area contributed by atoms with Gasteiger partial charge in [0, 0.05) is 12.4 Å². The number of aryl methyl sites for hydroxylation is 1. The molecule has 0 aromatic carbocycles. The van der Waals surface area contributed by atoms with E-state index in [-0.39, 0.29) is 11.0 Å². The van der Waals surface area contributed by atoms with Crippen LogP contribution in [0.15, 0.2) is 11.0 Å². The molecule has 2 heterocycles. The molecule has 116 valence electrons. The van der Waals surface area contributed by atoms with Crippen molar-refractivity contribution in [1.29, 1.82) is 0 Å². The molecule has 0 N–H and O–H groups in total. The third kappa shape index (κ3) is 3.17. The molecule has 0 aliphatic heterocycles. The SMILES string of the molecule is CCCC(CBr)(CCC)Cn1nnc2c(cnn2C)c1=O. The van der Waals surface area contributed by atoms with Gasteiger partial charge in [-0.15, -0.1) is 5.10 Å². The molecule has 0 unspecified atom stereocenters. The molecule has 0 aliphatic rings. The van der Waals surface area contributed by atoms with E-state index in [1.54, 1.807) is 17.9 Å². The molecule has 21 heavy (non-hydrogen) atoms. The molecule has 2 aromatic heterocycles. The summed E-state index contributed by atoms with van der Waals surface area (Å²) in [6.45, 7) is 4.94. The Morgan fingerprint density at radius 1 is 1.29 bits per heavy atom. The molecule has 0 spiro atoms. The number of aromatic nitrogens is 5. The second-order valence-electron chi connectivity index (χ2n) is 5.69. The van der Waals surface area contributed by atoms with E-state index >= 15 is 0 Å². The molecule has 0 saturated heterocycles. The largest absolute Gasteiger partial charge is 0.280 e. The van der Waals surface area contributed by atoms with Gasteiger partial charge in [0.05, 0.1) is 12.7 Å². The molecule has 2 rings (SSSR count). The molecule has 0 bridgehead atoms. The summed E-state index contributed by atoms with van der Waals surface area (Å²) >= 11 is 3.63. The topological polar surface area (TPSA) is 65.6 Å². The Labute approximate surface area is 132 Å². The second-order valence-corrected chi connectivity index (χ2v) is 6.25. The number of fused-ring (bicyclic) bond motifs is 1. The van der Waals surface area contributed by atoms with Crippen LogP contribution in [0.5, 0.6) is 0 Å². The Hall–Kier alpha value is -1.24. The fraction of sp³-hybridized carbons (Fsp3) is 0.714. The maximum atomic E-state index is 12.5. The van der Waals surface area contributed by atoms with Gasteiger partial charge in [0.2, 0.25) is 0 Å². The summed E-state index contributed by atoms with van der Waals surface area (Å²) in [6, 6.07) is 0. The lowest BCUT2D eigenvalue weighted by atomic mass is 9.81. The molecule has 7 heteroatoms. The molecule has 0 radical (unpaired) electrons. The Kier molecular flexibility index (Phi) is 5.13. The molecule has 0 aliphatic carbocycles. The van der Waals surface area contributed by atoms with Crippen molar-refractivity contribution in [2.24, 2.45) is 12.5 Å². The van der Waals surface area contributed by atoms with Crippen molar-refractivity contribution in [2.45, 2.75) is 46.1 Å². The van der Waals surface area contributed by atoms with E-state index < -0.39 is 0 Å². The summed E-state index contributed by atoms with van der Waals surface area (Å²) in [6.07, 6.45) is 5.86. The molecule has 0 amide bonds. The quantitative estimate of drug-likeness (QED) is 0.715. The molecule has 0 atom stereocenters. The maximum absolute atomic E-state index is 12.5. The maximum Gasteiger partial charge on any atom is 0.280 e. The van der Waals surface area contributed by atoms with Crippen molar-refractivity contribution >= 4 is 27.0 Å². The molecular formula is C14H22BrN5O. The lowest BCUT2D eigenvalue weighted by Gasteiger charge is -2.31. The van der Waals surface area contributed by atoms with Crippen LogP contribution in [0.3, 0.4) is 0 Å². The average Bonchev–Trinajstić information content (AvgIpc) is 2.85. The lowest BCUT2D eigenvalue weighted by molar-refractivity contribution is 0.216.